The summed E-state index contributed by atoms with van der Waals surface area (Å²) in [5.74, 6) is -0.945. The second-order valence-corrected chi connectivity index (χ2v) is 4.94. The number of carboxylic acids is 1. The van der Waals surface area contributed by atoms with Crippen molar-refractivity contribution in [2.75, 3.05) is 0 Å². The third-order valence-electron chi connectivity index (χ3n) is 2.90. The summed E-state index contributed by atoms with van der Waals surface area (Å²) in [6.45, 7) is 0. The van der Waals surface area contributed by atoms with Crippen LogP contribution in [-0.2, 0) is 0 Å². The number of aromatic nitrogens is 2. The van der Waals surface area contributed by atoms with Crippen LogP contribution in [0.25, 0.3) is 16.6 Å². The van der Waals surface area contributed by atoms with E-state index in [2.05, 4.69) is 21.0 Å². The average molecular weight is 317 g/mol. The predicted molar refractivity (Wildman–Crippen MR) is 75.7 cm³/mol. The van der Waals surface area contributed by atoms with E-state index in [-0.39, 0.29) is 5.56 Å². The highest BCUT2D eigenvalue weighted by Crippen LogP contribution is 2.25. The molecule has 0 fully saturated rings. The highest BCUT2D eigenvalue weighted by molar-refractivity contribution is 9.10. The van der Waals surface area contributed by atoms with Gasteiger partial charge in [-0.3, -0.25) is 0 Å². The predicted octanol–water partition coefficient (Wildman–Crippen LogP) is 3.49. The van der Waals surface area contributed by atoms with Gasteiger partial charge >= 0.3 is 5.97 Å². The van der Waals surface area contributed by atoms with Crippen LogP contribution in [0.15, 0.2) is 53.1 Å². The molecule has 2 aromatic carbocycles. The Labute approximate surface area is 117 Å². The second-order valence-electron chi connectivity index (χ2n) is 4.08. The molecule has 0 aliphatic carbocycles. The number of halogens is 1. The molecule has 0 saturated carbocycles. The number of carbonyl (C=O) groups is 1. The molecule has 5 heteroatoms. The maximum absolute atomic E-state index is 11.0. The van der Waals surface area contributed by atoms with E-state index in [4.69, 9.17) is 5.11 Å². The fourth-order valence-corrected chi connectivity index (χ4v) is 2.45. The van der Waals surface area contributed by atoms with Crippen molar-refractivity contribution in [3.63, 3.8) is 0 Å². The minimum absolute atomic E-state index is 0.246. The normalized spacial score (nSPS) is 10.8. The Hall–Kier alpha value is -2.14. The van der Waals surface area contributed by atoms with Gasteiger partial charge in [-0.15, -0.1) is 0 Å². The van der Waals surface area contributed by atoms with Gasteiger partial charge < -0.3 is 5.11 Å². The fourth-order valence-electron chi connectivity index (χ4n) is 1.99. The molecule has 0 radical (unpaired) electrons. The van der Waals surface area contributed by atoms with E-state index in [1.54, 1.807) is 29.1 Å². The van der Waals surface area contributed by atoms with Crippen LogP contribution in [0.3, 0.4) is 0 Å². The van der Waals surface area contributed by atoms with Gasteiger partial charge in [-0.2, -0.15) is 5.10 Å². The molecular formula is C14H9BrN2O2. The van der Waals surface area contributed by atoms with Crippen molar-refractivity contribution in [3.05, 3.63) is 58.7 Å². The van der Waals surface area contributed by atoms with Gasteiger partial charge in [0.15, 0.2) is 0 Å². The van der Waals surface area contributed by atoms with E-state index in [1.165, 1.54) is 0 Å². The van der Waals surface area contributed by atoms with Crippen LogP contribution in [0.1, 0.15) is 10.4 Å². The summed E-state index contributed by atoms with van der Waals surface area (Å²) in [5.41, 5.74) is 1.90. The Morgan fingerprint density at radius 2 is 2.00 bits per heavy atom. The molecule has 0 bridgehead atoms. The quantitative estimate of drug-likeness (QED) is 0.787. The van der Waals surface area contributed by atoms with E-state index < -0.39 is 5.97 Å². The molecule has 3 rings (SSSR count). The SMILES string of the molecule is O=C(O)c1cccc(-n2ncc3c(Br)cccc32)c1. The van der Waals surface area contributed by atoms with E-state index in [0.29, 0.717) is 0 Å². The van der Waals surface area contributed by atoms with Crippen molar-refractivity contribution < 1.29 is 9.90 Å². The van der Waals surface area contributed by atoms with Gasteiger partial charge in [-0.1, -0.05) is 28.1 Å². The summed E-state index contributed by atoms with van der Waals surface area (Å²) in [6.07, 6.45) is 1.76. The summed E-state index contributed by atoms with van der Waals surface area (Å²) in [7, 11) is 0. The molecule has 19 heavy (non-hydrogen) atoms. The minimum Gasteiger partial charge on any atom is -0.478 e. The highest BCUT2D eigenvalue weighted by Gasteiger charge is 2.09. The van der Waals surface area contributed by atoms with Crippen molar-refractivity contribution in [3.8, 4) is 5.69 Å². The van der Waals surface area contributed by atoms with Crippen LogP contribution in [0.4, 0.5) is 0 Å². The molecule has 0 aliphatic rings. The van der Waals surface area contributed by atoms with Crippen molar-refractivity contribution >= 4 is 32.8 Å². The zero-order valence-corrected chi connectivity index (χ0v) is 11.3. The number of nitrogens with zero attached hydrogens (tertiary/aromatic N) is 2. The van der Waals surface area contributed by atoms with Gasteiger partial charge in [-0.05, 0) is 30.3 Å². The molecule has 0 spiro atoms. The number of carboxylic acid groups (broad SMARTS) is 1. The smallest absolute Gasteiger partial charge is 0.335 e. The number of benzene rings is 2. The van der Waals surface area contributed by atoms with E-state index >= 15 is 0 Å². The first-order chi connectivity index (χ1) is 9.16. The van der Waals surface area contributed by atoms with Crippen LogP contribution in [0, 0.1) is 0 Å². The van der Waals surface area contributed by atoms with Crippen molar-refractivity contribution in [2.24, 2.45) is 0 Å². The van der Waals surface area contributed by atoms with Crippen LogP contribution in [0.5, 0.6) is 0 Å². The summed E-state index contributed by atoms with van der Waals surface area (Å²) in [5, 5.41) is 14.3. The second kappa shape index (κ2) is 4.51. The molecule has 1 heterocycles. The largest absolute Gasteiger partial charge is 0.478 e. The topological polar surface area (TPSA) is 55.1 Å². The number of hydrogen-bond acceptors (Lipinski definition) is 2. The van der Waals surface area contributed by atoms with Gasteiger partial charge in [0.2, 0.25) is 0 Å². The van der Waals surface area contributed by atoms with Gasteiger partial charge in [0, 0.05) is 9.86 Å². The number of rotatable bonds is 2. The van der Waals surface area contributed by atoms with Crippen LogP contribution in [-0.4, -0.2) is 20.9 Å². The van der Waals surface area contributed by atoms with Crippen molar-refractivity contribution in [2.45, 2.75) is 0 Å². The van der Waals surface area contributed by atoms with Crippen LogP contribution in [0.2, 0.25) is 0 Å². The molecule has 0 unspecified atom stereocenters. The molecule has 1 N–H and O–H groups in total. The molecular weight excluding hydrogens is 308 g/mol. The first kappa shape index (κ1) is 11.9. The molecule has 0 aliphatic heterocycles. The molecule has 3 aromatic rings. The monoisotopic (exact) mass is 316 g/mol. The minimum atomic E-state index is -0.945. The van der Waals surface area contributed by atoms with Crippen molar-refractivity contribution in [1.82, 2.24) is 9.78 Å². The molecule has 1 aromatic heterocycles. The number of fused-ring (bicyclic) bond motifs is 1. The van der Waals surface area contributed by atoms with Gasteiger partial charge in [-0.25, -0.2) is 9.48 Å². The molecule has 94 valence electrons. The fraction of sp³-hybridized carbons (Fsp3) is 0. The average Bonchev–Trinajstić information content (AvgIpc) is 2.84. The van der Waals surface area contributed by atoms with Crippen molar-refractivity contribution in [1.29, 1.82) is 0 Å². The number of aromatic carboxylic acids is 1. The lowest BCUT2D eigenvalue weighted by atomic mass is 10.2. The Morgan fingerprint density at radius 1 is 1.21 bits per heavy atom. The Morgan fingerprint density at radius 3 is 2.79 bits per heavy atom. The van der Waals surface area contributed by atoms with E-state index in [0.717, 1.165) is 21.1 Å². The Balaban J connectivity index is 2.22. The summed E-state index contributed by atoms with van der Waals surface area (Å²) in [6, 6.07) is 12.5. The maximum Gasteiger partial charge on any atom is 0.335 e. The zero-order chi connectivity index (χ0) is 13.4. The zero-order valence-electron chi connectivity index (χ0n) is 9.75. The first-order valence-electron chi connectivity index (χ1n) is 5.63. The summed E-state index contributed by atoms with van der Waals surface area (Å²) >= 11 is 3.47. The van der Waals surface area contributed by atoms with E-state index in [1.807, 2.05) is 24.3 Å². The first-order valence-corrected chi connectivity index (χ1v) is 6.42. The number of hydrogen-bond donors (Lipinski definition) is 1. The molecule has 0 amide bonds. The Bertz CT molecular complexity index is 780. The maximum atomic E-state index is 11.0. The lowest BCUT2D eigenvalue weighted by Crippen LogP contribution is -2.00. The lowest BCUT2D eigenvalue weighted by Gasteiger charge is -2.04. The Kier molecular flexibility index (Phi) is 2.83. The summed E-state index contributed by atoms with van der Waals surface area (Å²) in [4.78, 5) is 11.0. The van der Waals surface area contributed by atoms with Crippen LogP contribution >= 0.6 is 15.9 Å². The van der Waals surface area contributed by atoms with Gasteiger partial charge in [0.1, 0.15) is 0 Å². The highest BCUT2D eigenvalue weighted by atomic mass is 79.9. The molecule has 4 nitrogen and oxygen atoms in total. The van der Waals surface area contributed by atoms with Gasteiger partial charge in [0.05, 0.1) is 23.0 Å². The third kappa shape index (κ3) is 2.02. The van der Waals surface area contributed by atoms with E-state index in [9.17, 15) is 4.79 Å². The molecule has 0 saturated heterocycles. The standard InChI is InChI=1S/C14H9BrN2O2/c15-12-5-2-6-13-11(12)8-16-17(13)10-4-1-3-9(7-10)14(18)19/h1-8H,(H,18,19). The third-order valence-corrected chi connectivity index (χ3v) is 3.59. The summed E-state index contributed by atoms with van der Waals surface area (Å²) < 4.78 is 2.69. The lowest BCUT2D eigenvalue weighted by molar-refractivity contribution is 0.0697. The van der Waals surface area contributed by atoms with Gasteiger partial charge in [0.25, 0.3) is 0 Å². The van der Waals surface area contributed by atoms with Crippen LogP contribution < -0.4 is 0 Å². The molecule has 0 atom stereocenters.